The van der Waals surface area contributed by atoms with E-state index in [-0.39, 0.29) is 5.92 Å². The van der Waals surface area contributed by atoms with Gasteiger partial charge in [0.1, 0.15) is 6.29 Å². The van der Waals surface area contributed by atoms with E-state index in [0.29, 0.717) is 6.04 Å². The molecule has 3 aliphatic rings. The number of carbonyl (C=O) groups excluding carboxylic acids is 1. The topological polar surface area (TPSA) is 20.3 Å². The summed E-state index contributed by atoms with van der Waals surface area (Å²) in [6, 6.07) is 9.86. The van der Waals surface area contributed by atoms with Crippen LogP contribution < -0.4 is 0 Å². The average Bonchev–Trinajstić information content (AvgIpc) is 2.94. The van der Waals surface area contributed by atoms with Crippen molar-refractivity contribution in [3.05, 3.63) is 35.4 Å². The highest BCUT2D eigenvalue weighted by molar-refractivity contribution is 5.57. The van der Waals surface area contributed by atoms with Crippen LogP contribution in [0.1, 0.15) is 42.9 Å². The van der Waals surface area contributed by atoms with E-state index >= 15 is 0 Å². The van der Waals surface area contributed by atoms with Gasteiger partial charge < -0.3 is 4.79 Å². The molecule has 4 rings (SSSR count). The molecule has 0 amide bonds. The lowest BCUT2D eigenvalue weighted by Crippen LogP contribution is -2.51. The normalized spacial score (nSPS) is 37.3. The molecule has 0 bridgehead atoms. The molecule has 100 valence electrons. The molecule has 1 aromatic rings. The second kappa shape index (κ2) is 4.45. The fourth-order valence-electron chi connectivity index (χ4n) is 4.80. The zero-order valence-corrected chi connectivity index (χ0v) is 11.3. The maximum atomic E-state index is 11.6. The standard InChI is InChI=1S/C17H21NO/c19-11-14-10-13-5-3-7-16(13)18-9-8-12-4-1-2-6-15(12)17(14)18/h1-2,4,6,11,13-14,16-17H,3,5,7-10H2. The number of rotatable bonds is 1. The van der Waals surface area contributed by atoms with Crippen molar-refractivity contribution in [2.75, 3.05) is 6.54 Å². The lowest BCUT2D eigenvalue weighted by molar-refractivity contribution is -0.117. The average molecular weight is 255 g/mol. The Kier molecular flexibility index (Phi) is 2.73. The Bertz CT molecular complexity index is 498. The van der Waals surface area contributed by atoms with Crippen LogP contribution in [-0.4, -0.2) is 23.8 Å². The Labute approximate surface area is 114 Å². The van der Waals surface area contributed by atoms with Crippen molar-refractivity contribution < 1.29 is 4.79 Å². The van der Waals surface area contributed by atoms with Crippen LogP contribution in [0.4, 0.5) is 0 Å². The van der Waals surface area contributed by atoms with Crippen molar-refractivity contribution in [1.29, 1.82) is 0 Å². The summed E-state index contributed by atoms with van der Waals surface area (Å²) in [7, 11) is 0. The predicted molar refractivity (Wildman–Crippen MR) is 74.9 cm³/mol. The van der Waals surface area contributed by atoms with Gasteiger partial charge in [-0.25, -0.2) is 0 Å². The largest absolute Gasteiger partial charge is 0.303 e. The molecule has 2 nitrogen and oxygen atoms in total. The second-order valence-electron chi connectivity index (χ2n) is 6.43. The minimum atomic E-state index is 0.209. The first-order valence-corrected chi connectivity index (χ1v) is 7.67. The Hall–Kier alpha value is -1.15. The number of hydrogen-bond acceptors (Lipinski definition) is 2. The third-order valence-corrected chi connectivity index (χ3v) is 5.57. The van der Waals surface area contributed by atoms with Crippen molar-refractivity contribution >= 4 is 6.29 Å². The van der Waals surface area contributed by atoms with Gasteiger partial charge in [0.15, 0.2) is 0 Å². The number of hydrogen-bond donors (Lipinski definition) is 0. The Balaban J connectivity index is 1.77. The van der Waals surface area contributed by atoms with Gasteiger partial charge in [0.25, 0.3) is 0 Å². The van der Waals surface area contributed by atoms with Crippen molar-refractivity contribution in [1.82, 2.24) is 4.90 Å². The smallest absolute Gasteiger partial charge is 0.124 e. The van der Waals surface area contributed by atoms with E-state index in [1.807, 2.05) is 0 Å². The molecule has 1 aromatic carbocycles. The molecule has 2 fully saturated rings. The number of carbonyl (C=O) groups is 1. The highest BCUT2D eigenvalue weighted by Crippen LogP contribution is 2.49. The fourth-order valence-corrected chi connectivity index (χ4v) is 4.80. The Morgan fingerprint density at radius 2 is 2.11 bits per heavy atom. The summed E-state index contributed by atoms with van der Waals surface area (Å²) in [6.45, 7) is 1.15. The third kappa shape index (κ3) is 1.69. The highest BCUT2D eigenvalue weighted by Gasteiger charge is 2.46. The molecule has 0 aromatic heterocycles. The molecule has 4 atom stereocenters. The highest BCUT2D eigenvalue weighted by atomic mass is 16.1. The maximum Gasteiger partial charge on any atom is 0.124 e. The number of piperidine rings is 1. The van der Waals surface area contributed by atoms with E-state index in [1.54, 1.807) is 0 Å². The summed E-state index contributed by atoms with van der Waals surface area (Å²) < 4.78 is 0. The first-order chi connectivity index (χ1) is 9.38. The molecule has 1 aliphatic carbocycles. The summed E-state index contributed by atoms with van der Waals surface area (Å²) >= 11 is 0. The maximum absolute atomic E-state index is 11.6. The van der Waals surface area contributed by atoms with Crippen molar-refractivity contribution in [3.63, 3.8) is 0 Å². The number of aldehydes is 1. The summed E-state index contributed by atoms with van der Waals surface area (Å²) in [5.41, 5.74) is 2.89. The van der Waals surface area contributed by atoms with E-state index in [4.69, 9.17) is 0 Å². The number of nitrogens with zero attached hydrogens (tertiary/aromatic N) is 1. The molecule has 2 heterocycles. The van der Waals surface area contributed by atoms with Gasteiger partial charge in [0.05, 0.1) is 0 Å². The van der Waals surface area contributed by atoms with E-state index in [0.717, 1.165) is 31.3 Å². The van der Waals surface area contributed by atoms with Crippen molar-refractivity contribution in [2.24, 2.45) is 11.8 Å². The van der Waals surface area contributed by atoms with Crippen molar-refractivity contribution in [2.45, 2.75) is 44.2 Å². The fraction of sp³-hybridized carbons (Fsp3) is 0.588. The van der Waals surface area contributed by atoms with Gasteiger partial charge in [-0.3, -0.25) is 4.90 Å². The van der Waals surface area contributed by atoms with Crippen LogP contribution in [0.15, 0.2) is 24.3 Å². The van der Waals surface area contributed by atoms with Crippen LogP contribution in [0.2, 0.25) is 0 Å². The van der Waals surface area contributed by atoms with Crippen LogP contribution in [0.25, 0.3) is 0 Å². The minimum absolute atomic E-state index is 0.209. The van der Waals surface area contributed by atoms with Gasteiger partial charge in [-0.05, 0) is 42.7 Å². The van der Waals surface area contributed by atoms with Gasteiger partial charge in [-0.1, -0.05) is 30.7 Å². The molecule has 0 spiro atoms. The van der Waals surface area contributed by atoms with Gasteiger partial charge in [0.2, 0.25) is 0 Å². The summed E-state index contributed by atoms with van der Waals surface area (Å²) in [5, 5.41) is 0. The monoisotopic (exact) mass is 255 g/mol. The summed E-state index contributed by atoms with van der Waals surface area (Å²) in [5.74, 6) is 0.984. The van der Waals surface area contributed by atoms with Crippen LogP contribution in [0.5, 0.6) is 0 Å². The van der Waals surface area contributed by atoms with Crippen molar-refractivity contribution in [3.8, 4) is 0 Å². The van der Waals surface area contributed by atoms with Crippen LogP contribution >= 0.6 is 0 Å². The predicted octanol–water partition coefficient (Wildman–Crippen LogP) is 2.97. The second-order valence-corrected chi connectivity index (χ2v) is 6.43. The quantitative estimate of drug-likeness (QED) is 0.719. The lowest BCUT2D eigenvalue weighted by Gasteiger charge is -2.49. The molecule has 4 unspecified atom stereocenters. The molecule has 1 saturated carbocycles. The van der Waals surface area contributed by atoms with Crippen LogP contribution in [-0.2, 0) is 11.2 Å². The molecule has 0 N–H and O–H groups in total. The molecular formula is C17H21NO. The lowest BCUT2D eigenvalue weighted by atomic mass is 9.74. The minimum Gasteiger partial charge on any atom is -0.303 e. The SMILES string of the molecule is O=CC1CC2CCCC2N2CCc3ccccc3C12. The third-order valence-electron chi connectivity index (χ3n) is 5.57. The molecule has 1 saturated heterocycles. The van der Waals surface area contributed by atoms with E-state index < -0.39 is 0 Å². The summed E-state index contributed by atoms with van der Waals surface area (Å²) in [6.07, 6.45) is 7.53. The van der Waals surface area contributed by atoms with Crippen LogP contribution in [0, 0.1) is 11.8 Å². The van der Waals surface area contributed by atoms with Gasteiger partial charge in [-0.2, -0.15) is 0 Å². The zero-order chi connectivity index (χ0) is 12.8. The molecule has 2 aliphatic heterocycles. The zero-order valence-electron chi connectivity index (χ0n) is 11.3. The van der Waals surface area contributed by atoms with Gasteiger partial charge >= 0.3 is 0 Å². The van der Waals surface area contributed by atoms with Gasteiger partial charge in [-0.15, -0.1) is 0 Å². The summed E-state index contributed by atoms with van der Waals surface area (Å²) in [4.78, 5) is 14.3. The number of benzene rings is 1. The Morgan fingerprint density at radius 1 is 1.21 bits per heavy atom. The Morgan fingerprint density at radius 3 is 3.00 bits per heavy atom. The van der Waals surface area contributed by atoms with Gasteiger partial charge in [0, 0.05) is 24.5 Å². The van der Waals surface area contributed by atoms with E-state index in [9.17, 15) is 4.79 Å². The van der Waals surface area contributed by atoms with Crippen LogP contribution in [0.3, 0.4) is 0 Å². The molecular weight excluding hydrogens is 234 g/mol. The van der Waals surface area contributed by atoms with E-state index in [2.05, 4.69) is 29.2 Å². The first-order valence-electron chi connectivity index (χ1n) is 7.67. The molecule has 19 heavy (non-hydrogen) atoms. The molecule has 2 heteroatoms. The number of fused-ring (bicyclic) bond motifs is 5. The molecule has 0 radical (unpaired) electrons. The van der Waals surface area contributed by atoms with E-state index in [1.165, 1.54) is 36.7 Å². The first kappa shape index (κ1) is 11.7.